The summed E-state index contributed by atoms with van der Waals surface area (Å²) in [6.07, 6.45) is 43.1. The number of carboxylic acid groups (broad SMARTS) is 3. The summed E-state index contributed by atoms with van der Waals surface area (Å²) in [7, 11) is 0. The van der Waals surface area contributed by atoms with Gasteiger partial charge in [-0.3, -0.25) is 14.4 Å². The standard InChI is InChI=1S/3C12H24O2.C8H17.Sn/c3*1-2-3-4-5-6-7-8-9-10-11-12(13)14;1-3-5-7-8-6-4-2;/h3*2-11H2,1H3,(H,13,14);1,3-8H2,2H3;. The van der Waals surface area contributed by atoms with Gasteiger partial charge in [0.25, 0.3) is 0 Å². The van der Waals surface area contributed by atoms with Gasteiger partial charge >= 0.3 is 90.3 Å². The zero-order chi connectivity index (χ0) is 38.9. The number of hydrogen-bond donors (Lipinski definition) is 3. The van der Waals surface area contributed by atoms with Gasteiger partial charge in [0.15, 0.2) is 0 Å². The Labute approximate surface area is 332 Å². The molecule has 51 heavy (non-hydrogen) atoms. The summed E-state index contributed by atoms with van der Waals surface area (Å²) in [6.45, 7) is 8.95. The zero-order valence-corrected chi connectivity index (χ0v) is 37.6. The predicted molar refractivity (Wildman–Crippen MR) is 222 cm³/mol. The molecule has 0 aromatic carbocycles. The van der Waals surface area contributed by atoms with Crippen LogP contribution in [-0.4, -0.2) is 55.8 Å². The van der Waals surface area contributed by atoms with E-state index in [-0.39, 0.29) is 0 Å². The molecule has 6 nitrogen and oxygen atoms in total. The summed E-state index contributed by atoms with van der Waals surface area (Å²) in [5.74, 6) is -1.98. The van der Waals surface area contributed by atoms with Gasteiger partial charge in [0.05, 0.1) is 0 Å². The molecule has 305 valence electrons. The molecule has 0 rings (SSSR count). The van der Waals surface area contributed by atoms with Crippen molar-refractivity contribution in [3.05, 3.63) is 0 Å². The SMILES string of the molecule is CCCCCCCCCCCC(=O)O.CCCCCCCCCCCC(=O)O.CCCCCCCCCCCC(=O)O.CCCCCCC[CH2][Sn]. The van der Waals surface area contributed by atoms with Crippen LogP contribution in [0.5, 0.6) is 0 Å². The van der Waals surface area contributed by atoms with Gasteiger partial charge in [-0.2, -0.15) is 0 Å². The molecule has 0 spiro atoms. The van der Waals surface area contributed by atoms with Gasteiger partial charge in [-0.05, 0) is 19.3 Å². The molecule has 0 aliphatic carbocycles. The van der Waals surface area contributed by atoms with Crippen molar-refractivity contribution in [3.8, 4) is 0 Å². The van der Waals surface area contributed by atoms with Crippen molar-refractivity contribution >= 4 is 40.4 Å². The molecule has 0 saturated carbocycles. The fourth-order valence-electron chi connectivity index (χ4n) is 5.67. The van der Waals surface area contributed by atoms with Crippen LogP contribution >= 0.6 is 0 Å². The summed E-state index contributed by atoms with van der Waals surface area (Å²) in [6, 6.07) is 0. The average molecular weight is 833 g/mol. The Hall–Kier alpha value is -0.791. The van der Waals surface area contributed by atoms with E-state index < -0.39 is 17.9 Å². The maximum atomic E-state index is 10.2. The Balaban J connectivity index is -0.000000292. The van der Waals surface area contributed by atoms with E-state index in [1.54, 1.807) is 22.5 Å². The third kappa shape index (κ3) is 75.1. The topological polar surface area (TPSA) is 112 Å². The molecule has 7 heteroatoms. The maximum absolute atomic E-state index is 10.2. The fraction of sp³-hybridized carbons (Fsp3) is 0.932. The molecule has 0 saturated heterocycles. The Kier molecular flexibility index (Phi) is 62.5. The van der Waals surface area contributed by atoms with E-state index in [1.165, 1.54) is 178 Å². The van der Waals surface area contributed by atoms with Crippen LogP contribution in [0.3, 0.4) is 0 Å². The first-order valence-electron chi connectivity index (χ1n) is 22.0. The minimum absolute atomic E-state index is 0.343. The fourth-order valence-corrected chi connectivity index (χ4v) is 6.38. The molecule has 0 unspecified atom stereocenters. The monoisotopic (exact) mass is 834 g/mol. The van der Waals surface area contributed by atoms with Crippen molar-refractivity contribution in [1.29, 1.82) is 0 Å². The van der Waals surface area contributed by atoms with Gasteiger partial charge in [0, 0.05) is 19.3 Å². The molecule has 0 aliphatic heterocycles. The third-order valence-corrected chi connectivity index (χ3v) is 10.0. The first-order valence-corrected chi connectivity index (χ1v) is 24.0. The average Bonchev–Trinajstić information content (AvgIpc) is 3.10. The van der Waals surface area contributed by atoms with Crippen molar-refractivity contribution in [2.75, 3.05) is 0 Å². The molecule has 0 aliphatic rings. The molecule has 3 radical (unpaired) electrons. The van der Waals surface area contributed by atoms with Crippen LogP contribution in [0.1, 0.15) is 259 Å². The molecular formula is C44H89O6Sn. The molecule has 0 aromatic rings. The van der Waals surface area contributed by atoms with E-state index in [4.69, 9.17) is 15.3 Å². The van der Waals surface area contributed by atoms with Crippen molar-refractivity contribution in [2.45, 2.75) is 263 Å². The first kappa shape index (κ1) is 56.9. The third-order valence-electron chi connectivity index (χ3n) is 9.01. The Bertz CT molecular complexity index is 575. The van der Waals surface area contributed by atoms with E-state index in [2.05, 4.69) is 27.7 Å². The van der Waals surface area contributed by atoms with Gasteiger partial charge in [-0.25, -0.2) is 0 Å². The zero-order valence-electron chi connectivity index (χ0n) is 34.7. The number of unbranched alkanes of at least 4 members (excludes halogenated alkanes) is 29. The Morgan fingerprint density at radius 3 is 0.608 bits per heavy atom. The molecule has 0 amide bonds. The van der Waals surface area contributed by atoms with Crippen LogP contribution < -0.4 is 0 Å². The van der Waals surface area contributed by atoms with Crippen molar-refractivity contribution < 1.29 is 29.7 Å². The number of aliphatic carboxylic acids is 3. The van der Waals surface area contributed by atoms with Crippen LogP contribution in [0.2, 0.25) is 4.44 Å². The second-order valence-corrected chi connectivity index (χ2v) is 15.9. The van der Waals surface area contributed by atoms with Crippen LogP contribution in [0.4, 0.5) is 0 Å². The quantitative estimate of drug-likeness (QED) is 0.0428. The van der Waals surface area contributed by atoms with Crippen LogP contribution in [0.25, 0.3) is 0 Å². The molecule has 0 heterocycles. The Morgan fingerprint density at radius 1 is 0.294 bits per heavy atom. The van der Waals surface area contributed by atoms with Gasteiger partial charge in [0.2, 0.25) is 0 Å². The van der Waals surface area contributed by atoms with Crippen molar-refractivity contribution in [2.24, 2.45) is 0 Å². The van der Waals surface area contributed by atoms with E-state index in [1.807, 2.05) is 0 Å². The minimum atomic E-state index is -0.659. The van der Waals surface area contributed by atoms with Crippen molar-refractivity contribution in [1.82, 2.24) is 0 Å². The normalized spacial score (nSPS) is 10.3. The summed E-state index contributed by atoms with van der Waals surface area (Å²) in [4.78, 5) is 30.6. The first-order chi connectivity index (χ1) is 24.7. The summed E-state index contributed by atoms with van der Waals surface area (Å²) >= 11 is 1.71. The van der Waals surface area contributed by atoms with E-state index in [0.29, 0.717) is 19.3 Å². The number of carboxylic acids is 3. The summed E-state index contributed by atoms with van der Waals surface area (Å²) in [5, 5.41) is 25.2. The van der Waals surface area contributed by atoms with Gasteiger partial charge < -0.3 is 15.3 Å². The molecule has 0 atom stereocenters. The predicted octanol–water partition coefficient (Wildman–Crippen LogP) is 14.9. The van der Waals surface area contributed by atoms with Gasteiger partial charge in [0.1, 0.15) is 0 Å². The van der Waals surface area contributed by atoms with E-state index >= 15 is 0 Å². The number of carbonyl (C=O) groups is 3. The Morgan fingerprint density at radius 2 is 0.451 bits per heavy atom. The van der Waals surface area contributed by atoms with Crippen LogP contribution in [0, 0.1) is 0 Å². The second-order valence-electron chi connectivity index (χ2n) is 14.4. The molecule has 0 bridgehead atoms. The molecule has 0 aromatic heterocycles. The number of rotatable bonds is 36. The van der Waals surface area contributed by atoms with Crippen molar-refractivity contribution in [3.63, 3.8) is 0 Å². The molecular weight excluding hydrogens is 743 g/mol. The van der Waals surface area contributed by atoms with E-state index in [0.717, 1.165) is 38.5 Å². The van der Waals surface area contributed by atoms with Crippen LogP contribution in [0.15, 0.2) is 0 Å². The molecule has 3 N–H and O–H groups in total. The van der Waals surface area contributed by atoms with Gasteiger partial charge in [-0.1, -0.05) is 175 Å². The van der Waals surface area contributed by atoms with E-state index in [9.17, 15) is 14.4 Å². The van der Waals surface area contributed by atoms with Crippen LogP contribution in [-0.2, 0) is 14.4 Å². The number of hydrogen-bond acceptors (Lipinski definition) is 3. The molecule has 0 fully saturated rings. The van der Waals surface area contributed by atoms with Gasteiger partial charge in [-0.15, -0.1) is 0 Å². The summed E-state index contributed by atoms with van der Waals surface area (Å²) in [5.41, 5.74) is 0. The summed E-state index contributed by atoms with van der Waals surface area (Å²) < 4.78 is 1.46. The second kappa shape index (κ2) is 56.0.